The predicted octanol–water partition coefficient (Wildman–Crippen LogP) is 5.54. The number of hydrogen-bond acceptors (Lipinski definition) is 7. The zero-order valence-electron chi connectivity index (χ0n) is 30.8. The molecule has 4 amide bonds. The quantitative estimate of drug-likeness (QED) is 0.209. The molecule has 0 aliphatic carbocycles. The van der Waals surface area contributed by atoms with Crippen LogP contribution >= 0.6 is 0 Å². The molecule has 0 aliphatic heterocycles. The normalized spacial score (nSPS) is 13.8. The smallest absolute Gasteiger partial charge is 0.408 e. The number of nitrogens with one attached hydrogen (secondary N) is 2. The molecule has 0 aromatic heterocycles. The van der Waals surface area contributed by atoms with Crippen molar-refractivity contribution in [1.82, 2.24) is 15.5 Å². The van der Waals surface area contributed by atoms with Crippen molar-refractivity contribution in [2.24, 2.45) is 5.73 Å². The SMILES string of the molecule is CCc1ccc(C(C(=O)NC(Cc2ccccc2)C(=O)OC(C)(C)C)N(C(=O)C(CCC(N)=O)NC(=O)OC(C)(C)C)C(C)(C)CC)cc1. The number of hydrogen-bond donors (Lipinski definition) is 3. The van der Waals surface area contributed by atoms with Crippen LogP contribution in [-0.2, 0) is 41.5 Å². The summed E-state index contributed by atoms with van der Waals surface area (Å²) in [6, 6.07) is 13.0. The van der Waals surface area contributed by atoms with E-state index in [0.29, 0.717) is 12.0 Å². The van der Waals surface area contributed by atoms with E-state index in [1.807, 2.05) is 70.2 Å². The molecule has 0 saturated heterocycles. The zero-order chi connectivity index (χ0) is 37.2. The molecular weight excluding hydrogens is 624 g/mol. The van der Waals surface area contributed by atoms with Crippen LogP contribution in [0.4, 0.5) is 4.79 Å². The van der Waals surface area contributed by atoms with Crippen LogP contribution < -0.4 is 16.4 Å². The Morgan fingerprint density at radius 1 is 0.755 bits per heavy atom. The Morgan fingerprint density at radius 2 is 1.33 bits per heavy atom. The highest BCUT2D eigenvalue weighted by Gasteiger charge is 2.44. The summed E-state index contributed by atoms with van der Waals surface area (Å²) in [6.07, 6.45) is 0.145. The van der Waals surface area contributed by atoms with E-state index >= 15 is 0 Å². The van der Waals surface area contributed by atoms with Gasteiger partial charge in [-0.2, -0.15) is 0 Å². The first-order valence-corrected chi connectivity index (χ1v) is 16.9. The second kappa shape index (κ2) is 17.3. The van der Waals surface area contributed by atoms with Gasteiger partial charge in [0, 0.05) is 18.4 Å². The number of alkyl carbamates (subject to hydrolysis) is 1. The van der Waals surface area contributed by atoms with Gasteiger partial charge in [0.25, 0.3) is 0 Å². The van der Waals surface area contributed by atoms with Gasteiger partial charge in [0.15, 0.2) is 0 Å². The number of carbonyl (C=O) groups is 5. The average Bonchev–Trinajstić information content (AvgIpc) is 2.99. The fraction of sp³-hybridized carbons (Fsp3) is 0.553. The lowest BCUT2D eigenvalue weighted by molar-refractivity contribution is -0.159. The van der Waals surface area contributed by atoms with Crippen molar-refractivity contribution in [2.75, 3.05) is 0 Å². The molecule has 270 valence electrons. The van der Waals surface area contributed by atoms with Crippen LogP contribution in [0.5, 0.6) is 0 Å². The molecule has 49 heavy (non-hydrogen) atoms. The number of nitrogens with zero attached hydrogens (tertiary/aromatic N) is 1. The van der Waals surface area contributed by atoms with Crippen LogP contribution in [0.1, 0.15) is 111 Å². The predicted molar refractivity (Wildman–Crippen MR) is 189 cm³/mol. The molecule has 11 heteroatoms. The van der Waals surface area contributed by atoms with Gasteiger partial charge >= 0.3 is 12.1 Å². The van der Waals surface area contributed by atoms with E-state index in [9.17, 15) is 24.0 Å². The van der Waals surface area contributed by atoms with Crippen molar-refractivity contribution in [3.05, 3.63) is 71.3 Å². The molecule has 3 unspecified atom stereocenters. The summed E-state index contributed by atoms with van der Waals surface area (Å²) >= 11 is 0. The summed E-state index contributed by atoms with van der Waals surface area (Å²) in [7, 11) is 0. The molecule has 0 heterocycles. The van der Waals surface area contributed by atoms with Gasteiger partial charge in [-0.25, -0.2) is 9.59 Å². The van der Waals surface area contributed by atoms with Crippen LogP contribution in [0.25, 0.3) is 0 Å². The first-order valence-electron chi connectivity index (χ1n) is 16.9. The third-order valence-corrected chi connectivity index (χ3v) is 7.92. The minimum atomic E-state index is -1.26. The maximum Gasteiger partial charge on any atom is 0.408 e. The monoisotopic (exact) mass is 680 g/mol. The van der Waals surface area contributed by atoms with E-state index in [1.165, 1.54) is 4.90 Å². The molecule has 11 nitrogen and oxygen atoms in total. The van der Waals surface area contributed by atoms with Gasteiger partial charge in [-0.15, -0.1) is 0 Å². The molecule has 0 radical (unpaired) electrons. The van der Waals surface area contributed by atoms with Crippen molar-refractivity contribution >= 4 is 29.8 Å². The number of ether oxygens (including phenoxy) is 2. The molecule has 2 rings (SSSR count). The summed E-state index contributed by atoms with van der Waals surface area (Å²) < 4.78 is 11.2. The average molecular weight is 681 g/mol. The van der Waals surface area contributed by atoms with Crippen molar-refractivity contribution in [2.45, 2.75) is 136 Å². The van der Waals surface area contributed by atoms with E-state index in [0.717, 1.165) is 17.5 Å². The number of carbonyl (C=O) groups excluding carboxylic acids is 5. The minimum absolute atomic E-state index is 0.124. The third-order valence-electron chi connectivity index (χ3n) is 7.92. The van der Waals surface area contributed by atoms with Gasteiger partial charge in [0.05, 0.1) is 0 Å². The second-order valence-electron chi connectivity index (χ2n) is 14.9. The molecule has 0 fully saturated rings. The molecule has 4 N–H and O–H groups in total. The molecule has 0 aliphatic rings. The van der Waals surface area contributed by atoms with Gasteiger partial charge < -0.3 is 30.7 Å². The summed E-state index contributed by atoms with van der Waals surface area (Å²) in [6.45, 7) is 17.8. The molecule has 3 atom stereocenters. The molecule has 0 saturated carbocycles. The summed E-state index contributed by atoms with van der Waals surface area (Å²) in [5.74, 6) is -2.51. The van der Waals surface area contributed by atoms with Crippen LogP contribution in [0, 0.1) is 0 Å². The molecular formula is C38H56N4O7. The van der Waals surface area contributed by atoms with Crippen molar-refractivity contribution < 1.29 is 33.4 Å². The van der Waals surface area contributed by atoms with Crippen molar-refractivity contribution in [3.63, 3.8) is 0 Å². The fourth-order valence-electron chi connectivity index (χ4n) is 5.13. The Labute approximate surface area is 291 Å². The maximum absolute atomic E-state index is 14.7. The second-order valence-corrected chi connectivity index (χ2v) is 14.9. The largest absolute Gasteiger partial charge is 0.458 e. The Bertz CT molecular complexity index is 1430. The zero-order valence-corrected chi connectivity index (χ0v) is 30.8. The Balaban J connectivity index is 2.73. The first kappa shape index (κ1) is 40.8. The lowest BCUT2D eigenvalue weighted by Gasteiger charge is -2.45. The number of nitrogens with two attached hydrogens (primary N) is 1. The van der Waals surface area contributed by atoms with E-state index in [1.54, 1.807) is 53.7 Å². The minimum Gasteiger partial charge on any atom is -0.458 e. The van der Waals surface area contributed by atoms with E-state index < -0.39 is 64.7 Å². The lowest BCUT2D eigenvalue weighted by atomic mass is 9.90. The summed E-state index contributed by atoms with van der Waals surface area (Å²) in [5, 5.41) is 5.53. The highest BCUT2D eigenvalue weighted by atomic mass is 16.6. The Hall–Kier alpha value is -4.41. The van der Waals surface area contributed by atoms with Crippen molar-refractivity contribution in [1.29, 1.82) is 0 Å². The maximum atomic E-state index is 14.7. The molecule has 0 bridgehead atoms. The van der Waals surface area contributed by atoms with Gasteiger partial charge in [0.2, 0.25) is 17.7 Å². The molecule has 2 aromatic rings. The summed E-state index contributed by atoms with van der Waals surface area (Å²) in [5.41, 5.74) is 5.16. The van der Waals surface area contributed by atoms with E-state index in [-0.39, 0.29) is 19.3 Å². The Kier molecular flexibility index (Phi) is 14.4. The van der Waals surface area contributed by atoms with Crippen molar-refractivity contribution in [3.8, 4) is 0 Å². The first-order chi connectivity index (χ1) is 22.7. The van der Waals surface area contributed by atoms with Crippen LogP contribution in [-0.4, -0.2) is 63.5 Å². The van der Waals surface area contributed by atoms with Gasteiger partial charge in [-0.3, -0.25) is 14.4 Å². The summed E-state index contributed by atoms with van der Waals surface area (Å²) in [4.78, 5) is 69.2. The van der Waals surface area contributed by atoms with Crippen LogP contribution in [0.15, 0.2) is 54.6 Å². The van der Waals surface area contributed by atoms with Gasteiger partial charge in [-0.1, -0.05) is 68.4 Å². The number of benzene rings is 2. The molecule has 2 aromatic carbocycles. The fourth-order valence-corrected chi connectivity index (χ4v) is 5.13. The highest BCUT2D eigenvalue weighted by molar-refractivity contribution is 5.94. The van der Waals surface area contributed by atoms with Gasteiger partial charge in [0.1, 0.15) is 29.3 Å². The molecule has 0 spiro atoms. The van der Waals surface area contributed by atoms with Crippen LogP contribution in [0.2, 0.25) is 0 Å². The lowest BCUT2D eigenvalue weighted by Crippen LogP contribution is -2.60. The standard InChI is InChI=1S/C38H56N4O7/c1-11-25-18-20-27(21-19-25)31(32(44)40-29(34(46)48-36(3,4)5)24-26-16-14-13-15-17-26)42(38(9,10)12-2)33(45)28(22-23-30(39)43)41-35(47)49-37(6,7)8/h13-21,28-29,31H,11-12,22-24H2,1-10H3,(H2,39,43)(H,40,44)(H,41,47). The van der Waals surface area contributed by atoms with E-state index in [4.69, 9.17) is 15.2 Å². The third kappa shape index (κ3) is 13.2. The van der Waals surface area contributed by atoms with E-state index in [2.05, 4.69) is 10.6 Å². The number of primary amides is 1. The Morgan fingerprint density at radius 3 is 1.82 bits per heavy atom. The van der Waals surface area contributed by atoms with Gasteiger partial charge in [-0.05, 0) is 91.3 Å². The number of amides is 4. The number of aryl methyl sites for hydroxylation is 1. The number of rotatable bonds is 15. The van der Waals surface area contributed by atoms with Crippen LogP contribution in [0.3, 0.4) is 0 Å². The topological polar surface area (TPSA) is 157 Å². The number of esters is 1. The highest BCUT2D eigenvalue weighted by Crippen LogP contribution is 2.33.